The van der Waals surface area contributed by atoms with Crippen LogP contribution in [0.3, 0.4) is 0 Å². The Kier molecular flexibility index (Phi) is 9.33. The number of hydrogen-bond acceptors (Lipinski definition) is 3. The maximum absolute atomic E-state index is 12.3. The molecule has 7 heteroatoms. The average molecular weight is 420 g/mol. The van der Waals surface area contributed by atoms with Crippen LogP contribution in [0.5, 0.6) is 0 Å². The van der Waals surface area contributed by atoms with Crippen LogP contribution in [-0.4, -0.2) is 41.5 Å². The number of nitrogens with zero attached hydrogens (tertiary/aromatic N) is 1. The van der Waals surface area contributed by atoms with Crippen molar-refractivity contribution in [3.05, 3.63) is 28.7 Å². The van der Waals surface area contributed by atoms with Crippen molar-refractivity contribution in [3.8, 4) is 0 Å². The monoisotopic (exact) mass is 418 g/mol. The molecule has 1 fully saturated rings. The van der Waals surface area contributed by atoms with E-state index in [1.807, 2.05) is 24.3 Å². The number of benzene rings is 1. The fourth-order valence-electron chi connectivity index (χ4n) is 2.84. The van der Waals surface area contributed by atoms with Crippen LogP contribution in [0.25, 0.3) is 0 Å². The predicted octanol–water partition coefficient (Wildman–Crippen LogP) is 3.78. The predicted molar refractivity (Wildman–Crippen MR) is 101 cm³/mol. The molecule has 1 aromatic carbocycles. The Bertz CT molecular complexity index is 548. The van der Waals surface area contributed by atoms with Gasteiger partial charge in [0.25, 0.3) is 0 Å². The van der Waals surface area contributed by atoms with Gasteiger partial charge in [0.15, 0.2) is 0 Å². The van der Waals surface area contributed by atoms with E-state index >= 15 is 0 Å². The molecule has 0 unspecified atom stereocenters. The van der Waals surface area contributed by atoms with Crippen LogP contribution >= 0.6 is 28.3 Å². The van der Waals surface area contributed by atoms with Crippen molar-refractivity contribution in [1.82, 2.24) is 4.90 Å². The Morgan fingerprint density at radius 2 is 1.96 bits per heavy atom. The van der Waals surface area contributed by atoms with E-state index in [2.05, 4.69) is 26.1 Å². The molecule has 1 saturated heterocycles. The number of rotatable bonds is 7. The third-order valence-corrected chi connectivity index (χ3v) is 4.66. The quantitative estimate of drug-likeness (QED) is 0.660. The molecule has 0 radical (unpaired) electrons. The van der Waals surface area contributed by atoms with Crippen molar-refractivity contribution >= 4 is 45.9 Å². The first-order chi connectivity index (χ1) is 11.0. The zero-order chi connectivity index (χ0) is 16.7. The van der Waals surface area contributed by atoms with Gasteiger partial charge in [0.1, 0.15) is 0 Å². The molecule has 1 amide bonds. The van der Waals surface area contributed by atoms with Gasteiger partial charge in [-0.15, -0.1) is 12.4 Å². The number of piperidine rings is 1. The van der Waals surface area contributed by atoms with Gasteiger partial charge in [0.05, 0.1) is 0 Å². The van der Waals surface area contributed by atoms with E-state index in [-0.39, 0.29) is 30.7 Å². The van der Waals surface area contributed by atoms with Gasteiger partial charge in [0, 0.05) is 22.5 Å². The lowest BCUT2D eigenvalue weighted by atomic mass is 9.95. The summed E-state index contributed by atoms with van der Waals surface area (Å²) in [6, 6.07) is 7.62. The van der Waals surface area contributed by atoms with E-state index in [1.54, 1.807) is 0 Å². The molecule has 1 aromatic rings. The number of carbonyl (C=O) groups excluding carboxylic acids is 1. The minimum Gasteiger partial charge on any atom is -0.481 e. The van der Waals surface area contributed by atoms with Crippen LogP contribution in [-0.2, 0) is 9.59 Å². The van der Waals surface area contributed by atoms with E-state index in [4.69, 9.17) is 5.11 Å². The fraction of sp³-hybridized carbons (Fsp3) is 0.529. The minimum absolute atomic E-state index is 0. The molecule has 2 rings (SSSR count). The highest BCUT2D eigenvalue weighted by Crippen LogP contribution is 2.21. The maximum atomic E-state index is 12.3. The summed E-state index contributed by atoms with van der Waals surface area (Å²) in [6.45, 7) is 2.74. The van der Waals surface area contributed by atoms with Gasteiger partial charge in [-0.2, -0.15) is 0 Å². The maximum Gasteiger partial charge on any atom is 0.303 e. The number of hydrogen-bond donors (Lipinski definition) is 2. The highest BCUT2D eigenvalue weighted by molar-refractivity contribution is 9.10. The van der Waals surface area contributed by atoms with E-state index in [9.17, 15) is 9.59 Å². The molecule has 1 aliphatic heterocycles. The summed E-state index contributed by atoms with van der Waals surface area (Å²) >= 11 is 3.40. The summed E-state index contributed by atoms with van der Waals surface area (Å²) < 4.78 is 0.950. The molecule has 0 aliphatic carbocycles. The number of carboxylic acids is 1. The summed E-state index contributed by atoms with van der Waals surface area (Å²) in [4.78, 5) is 25.1. The van der Waals surface area contributed by atoms with Crippen molar-refractivity contribution in [1.29, 1.82) is 0 Å². The van der Waals surface area contributed by atoms with Gasteiger partial charge in [0.2, 0.25) is 5.91 Å². The molecule has 1 aliphatic rings. The van der Waals surface area contributed by atoms with Crippen LogP contribution in [0, 0.1) is 5.92 Å². The lowest BCUT2D eigenvalue weighted by Gasteiger charge is -2.31. The van der Waals surface area contributed by atoms with Crippen molar-refractivity contribution in [2.45, 2.75) is 32.1 Å². The molecule has 5 nitrogen and oxygen atoms in total. The smallest absolute Gasteiger partial charge is 0.303 e. The summed E-state index contributed by atoms with van der Waals surface area (Å²) in [5.74, 6) is -0.578. The molecule has 0 atom stereocenters. The number of halogens is 2. The molecular weight excluding hydrogens is 396 g/mol. The Morgan fingerprint density at radius 1 is 1.25 bits per heavy atom. The number of carboxylic acid groups (broad SMARTS) is 1. The van der Waals surface area contributed by atoms with Crippen LogP contribution in [0.15, 0.2) is 28.7 Å². The van der Waals surface area contributed by atoms with E-state index in [0.717, 1.165) is 55.5 Å². The van der Waals surface area contributed by atoms with Crippen molar-refractivity contribution in [3.63, 3.8) is 0 Å². The van der Waals surface area contributed by atoms with Crippen LogP contribution in [0.4, 0.5) is 5.69 Å². The topological polar surface area (TPSA) is 69.6 Å². The van der Waals surface area contributed by atoms with Gasteiger partial charge < -0.3 is 15.3 Å². The Morgan fingerprint density at radius 3 is 2.58 bits per heavy atom. The lowest BCUT2D eigenvalue weighted by Crippen LogP contribution is -2.38. The number of amides is 1. The second kappa shape index (κ2) is 10.7. The first kappa shape index (κ1) is 20.9. The Labute approximate surface area is 157 Å². The van der Waals surface area contributed by atoms with Crippen LogP contribution in [0.2, 0.25) is 0 Å². The van der Waals surface area contributed by atoms with Crippen molar-refractivity contribution in [2.75, 3.05) is 25.0 Å². The molecular formula is C17H24BrClN2O3. The number of aliphatic carboxylic acids is 1. The second-order valence-electron chi connectivity index (χ2n) is 5.97. The highest BCUT2D eigenvalue weighted by atomic mass is 79.9. The van der Waals surface area contributed by atoms with E-state index in [1.165, 1.54) is 0 Å². The highest BCUT2D eigenvalue weighted by Gasteiger charge is 2.24. The fourth-order valence-corrected chi connectivity index (χ4v) is 3.24. The van der Waals surface area contributed by atoms with Gasteiger partial charge in [-0.3, -0.25) is 9.59 Å². The zero-order valence-electron chi connectivity index (χ0n) is 13.5. The molecule has 1 heterocycles. The van der Waals surface area contributed by atoms with Gasteiger partial charge in [-0.05, 0) is 63.5 Å². The van der Waals surface area contributed by atoms with Gasteiger partial charge in [-0.25, -0.2) is 0 Å². The number of nitrogens with one attached hydrogen (secondary N) is 1. The minimum atomic E-state index is -0.729. The molecule has 0 saturated carbocycles. The summed E-state index contributed by atoms with van der Waals surface area (Å²) in [7, 11) is 0. The van der Waals surface area contributed by atoms with Crippen LogP contribution in [0.1, 0.15) is 32.1 Å². The summed E-state index contributed by atoms with van der Waals surface area (Å²) in [5.41, 5.74) is 0.820. The third kappa shape index (κ3) is 7.20. The molecule has 2 N–H and O–H groups in total. The number of anilines is 1. The number of unbranched alkanes of at least 4 members (excludes halogenated alkanes) is 1. The molecule has 0 spiro atoms. The molecule has 134 valence electrons. The van der Waals surface area contributed by atoms with Gasteiger partial charge in [-0.1, -0.05) is 22.0 Å². The number of carbonyl (C=O) groups is 2. The molecule has 0 aromatic heterocycles. The van der Waals surface area contributed by atoms with Gasteiger partial charge >= 0.3 is 5.97 Å². The summed E-state index contributed by atoms with van der Waals surface area (Å²) in [6.07, 6.45) is 3.59. The standard InChI is InChI=1S/C17H23BrN2O3.ClH/c18-14-4-3-5-15(12-14)19-17(23)13-7-10-20(11-8-13)9-2-1-6-16(21)22;/h3-5,12-13H,1-2,6-11H2,(H,19,23)(H,21,22);1H. The summed E-state index contributed by atoms with van der Waals surface area (Å²) in [5, 5.41) is 11.6. The zero-order valence-corrected chi connectivity index (χ0v) is 15.9. The van der Waals surface area contributed by atoms with Crippen molar-refractivity contribution < 1.29 is 14.7 Å². The molecule has 0 bridgehead atoms. The Hall–Kier alpha value is -1.11. The second-order valence-corrected chi connectivity index (χ2v) is 6.88. The number of likely N-dealkylation sites (tertiary alicyclic amines) is 1. The van der Waals surface area contributed by atoms with Crippen LogP contribution < -0.4 is 5.32 Å². The van der Waals surface area contributed by atoms with E-state index < -0.39 is 5.97 Å². The molecule has 24 heavy (non-hydrogen) atoms. The SMILES string of the molecule is Cl.O=C(O)CCCCN1CCC(C(=O)Nc2cccc(Br)c2)CC1. The largest absolute Gasteiger partial charge is 0.481 e. The Balaban J connectivity index is 0.00000288. The average Bonchev–Trinajstić information content (AvgIpc) is 2.52. The normalized spacial score (nSPS) is 15.5. The van der Waals surface area contributed by atoms with Crippen molar-refractivity contribution in [2.24, 2.45) is 5.92 Å². The third-order valence-electron chi connectivity index (χ3n) is 4.17. The van der Waals surface area contributed by atoms with E-state index in [0.29, 0.717) is 0 Å². The lowest BCUT2D eigenvalue weighted by molar-refractivity contribution is -0.137. The first-order valence-electron chi connectivity index (χ1n) is 8.05. The first-order valence-corrected chi connectivity index (χ1v) is 8.84.